The molecule has 1 aliphatic rings. The number of Topliss-reactive ketones (excluding diaryl/α,β-unsaturated/α-hetero) is 1. The van der Waals surface area contributed by atoms with Crippen LogP contribution in [-0.4, -0.2) is 55.8 Å². The van der Waals surface area contributed by atoms with E-state index in [0.717, 1.165) is 16.9 Å². The molecule has 3 rings (SSSR count). The quantitative estimate of drug-likeness (QED) is 0.254. The van der Waals surface area contributed by atoms with Crippen LogP contribution in [0.25, 0.3) is 0 Å². The Morgan fingerprint density at radius 2 is 1.70 bits per heavy atom. The van der Waals surface area contributed by atoms with Crippen LogP contribution >= 0.6 is 0 Å². The van der Waals surface area contributed by atoms with Gasteiger partial charge in [0.25, 0.3) is 0 Å². The summed E-state index contributed by atoms with van der Waals surface area (Å²) >= 11 is 0. The molecular formula is C30H40O7. The molecule has 0 spiro atoms. The molecule has 2 aromatic rings. The van der Waals surface area contributed by atoms with Gasteiger partial charge in [0.2, 0.25) is 0 Å². The van der Waals surface area contributed by atoms with Crippen LogP contribution in [0, 0.1) is 5.41 Å². The lowest BCUT2D eigenvalue weighted by Crippen LogP contribution is -2.52. The van der Waals surface area contributed by atoms with Crippen molar-refractivity contribution in [1.29, 1.82) is 0 Å². The van der Waals surface area contributed by atoms with Crippen LogP contribution < -0.4 is 4.74 Å². The maximum Gasteiger partial charge on any atom is 0.195 e. The highest BCUT2D eigenvalue weighted by Crippen LogP contribution is 2.44. The number of hydrogen-bond acceptors (Lipinski definition) is 7. The molecule has 37 heavy (non-hydrogen) atoms. The molecule has 0 radical (unpaired) electrons. The Hall–Kier alpha value is -2.55. The number of carbonyl (C=O) groups is 1. The molecule has 202 valence electrons. The van der Waals surface area contributed by atoms with E-state index >= 15 is 0 Å². The predicted octanol–water partition coefficient (Wildman–Crippen LogP) is 4.85. The Morgan fingerprint density at radius 3 is 2.32 bits per heavy atom. The van der Waals surface area contributed by atoms with Crippen molar-refractivity contribution in [3.05, 3.63) is 78.4 Å². The van der Waals surface area contributed by atoms with Crippen LogP contribution in [0.3, 0.4) is 0 Å². The molecule has 2 aromatic carbocycles. The monoisotopic (exact) mass is 512 g/mol. The van der Waals surface area contributed by atoms with E-state index in [1.54, 1.807) is 13.2 Å². The summed E-state index contributed by atoms with van der Waals surface area (Å²) in [5.41, 5.74) is 1.31. The summed E-state index contributed by atoms with van der Waals surface area (Å²) in [6.45, 7) is 9.88. The summed E-state index contributed by atoms with van der Waals surface area (Å²) in [5, 5.41) is 10.5. The first kappa shape index (κ1) is 29.0. The summed E-state index contributed by atoms with van der Waals surface area (Å²) in [5.74, 6) is -0.356. The standard InChI is InChI=1S/C30H40O7/c1-5-30(36-17-18-37-30)29(2,3)28(35-22-23-9-7-6-8-10-23)20-26(32)19-25(31)15-16-34-21-24-11-13-27(33-4)14-12-24/h5-14,25,28,31H,1,15-22H2,2-4H3/t25-,28-/m0/s1. The van der Waals surface area contributed by atoms with E-state index in [2.05, 4.69) is 6.58 Å². The van der Waals surface area contributed by atoms with E-state index < -0.39 is 23.4 Å². The Bertz CT molecular complexity index is 965. The predicted molar refractivity (Wildman–Crippen MR) is 141 cm³/mol. The first-order valence-corrected chi connectivity index (χ1v) is 12.8. The first-order valence-electron chi connectivity index (χ1n) is 12.8. The van der Waals surface area contributed by atoms with Crippen molar-refractivity contribution in [2.24, 2.45) is 5.41 Å². The third kappa shape index (κ3) is 7.97. The Kier molecular flexibility index (Phi) is 10.9. The van der Waals surface area contributed by atoms with E-state index in [9.17, 15) is 9.90 Å². The molecule has 0 bridgehead atoms. The summed E-state index contributed by atoms with van der Waals surface area (Å²) < 4.78 is 29.1. The van der Waals surface area contributed by atoms with Gasteiger partial charge in [0, 0.05) is 24.9 Å². The molecule has 1 N–H and O–H groups in total. The molecule has 0 unspecified atom stereocenters. The topological polar surface area (TPSA) is 83.5 Å². The minimum atomic E-state index is -1.05. The number of carbonyl (C=O) groups excluding carboxylic acids is 1. The maximum atomic E-state index is 13.0. The van der Waals surface area contributed by atoms with E-state index in [1.165, 1.54) is 0 Å². The lowest BCUT2D eigenvalue weighted by atomic mass is 9.75. The molecule has 1 saturated heterocycles. The van der Waals surface area contributed by atoms with Gasteiger partial charge in [-0.2, -0.15) is 0 Å². The SMILES string of the molecule is C=CC1(C(C)(C)[C@H](CC(=O)C[C@@H](O)CCOCc2ccc(OC)cc2)OCc2ccccc2)OCCO1. The van der Waals surface area contributed by atoms with Crippen molar-refractivity contribution in [2.75, 3.05) is 26.9 Å². The highest BCUT2D eigenvalue weighted by Gasteiger charge is 2.53. The van der Waals surface area contributed by atoms with E-state index in [0.29, 0.717) is 39.5 Å². The van der Waals surface area contributed by atoms with Gasteiger partial charge in [0.05, 0.1) is 45.7 Å². The van der Waals surface area contributed by atoms with Crippen molar-refractivity contribution < 1.29 is 33.6 Å². The Balaban J connectivity index is 1.54. The fourth-order valence-corrected chi connectivity index (χ4v) is 4.49. The van der Waals surface area contributed by atoms with Gasteiger partial charge in [0.15, 0.2) is 5.79 Å². The van der Waals surface area contributed by atoms with Crippen LogP contribution in [0.5, 0.6) is 5.75 Å². The number of benzene rings is 2. The van der Waals surface area contributed by atoms with E-state index in [-0.39, 0.29) is 18.6 Å². The van der Waals surface area contributed by atoms with Crippen molar-refractivity contribution in [2.45, 2.75) is 64.3 Å². The van der Waals surface area contributed by atoms with Crippen LogP contribution in [0.15, 0.2) is 67.3 Å². The van der Waals surface area contributed by atoms with Crippen LogP contribution in [-0.2, 0) is 37.0 Å². The van der Waals surface area contributed by atoms with Crippen molar-refractivity contribution in [1.82, 2.24) is 0 Å². The number of aliphatic hydroxyl groups excluding tert-OH is 1. The fourth-order valence-electron chi connectivity index (χ4n) is 4.49. The average molecular weight is 513 g/mol. The van der Waals surface area contributed by atoms with E-state index in [1.807, 2.05) is 68.4 Å². The number of rotatable bonds is 16. The second-order valence-electron chi connectivity index (χ2n) is 9.87. The Labute approximate surface area is 220 Å². The minimum absolute atomic E-state index is 0.0238. The second kappa shape index (κ2) is 13.8. The molecular weight excluding hydrogens is 472 g/mol. The molecule has 1 aliphatic heterocycles. The zero-order chi connectivity index (χ0) is 26.7. The van der Waals surface area contributed by atoms with Gasteiger partial charge < -0.3 is 28.8 Å². The normalized spacial score (nSPS) is 16.8. The van der Waals surface area contributed by atoms with Gasteiger partial charge in [-0.3, -0.25) is 4.79 Å². The first-order chi connectivity index (χ1) is 17.8. The molecule has 0 saturated carbocycles. The fraction of sp³-hybridized carbons (Fsp3) is 0.500. The van der Waals surface area contributed by atoms with Crippen molar-refractivity contribution in [3.63, 3.8) is 0 Å². The summed E-state index contributed by atoms with van der Waals surface area (Å²) in [6.07, 6.45) is 0.840. The van der Waals surface area contributed by atoms with Gasteiger partial charge in [-0.1, -0.05) is 62.9 Å². The lowest BCUT2D eigenvalue weighted by Gasteiger charge is -2.44. The van der Waals surface area contributed by atoms with Crippen molar-refractivity contribution >= 4 is 5.78 Å². The number of aliphatic hydroxyl groups is 1. The van der Waals surface area contributed by atoms with Gasteiger partial charge in [-0.15, -0.1) is 0 Å². The zero-order valence-electron chi connectivity index (χ0n) is 22.2. The molecule has 7 heteroatoms. The molecule has 1 heterocycles. The average Bonchev–Trinajstić information content (AvgIpc) is 3.41. The van der Waals surface area contributed by atoms with Crippen LogP contribution in [0.2, 0.25) is 0 Å². The molecule has 2 atom stereocenters. The van der Waals surface area contributed by atoms with Crippen LogP contribution in [0.1, 0.15) is 44.2 Å². The van der Waals surface area contributed by atoms with Gasteiger partial charge in [0.1, 0.15) is 11.5 Å². The highest BCUT2D eigenvalue weighted by atomic mass is 16.7. The molecule has 0 amide bonds. The lowest BCUT2D eigenvalue weighted by molar-refractivity contribution is -0.230. The number of hydrogen-bond donors (Lipinski definition) is 1. The third-order valence-corrected chi connectivity index (χ3v) is 6.88. The van der Waals surface area contributed by atoms with E-state index in [4.69, 9.17) is 23.7 Å². The molecule has 1 fully saturated rings. The second-order valence-corrected chi connectivity index (χ2v) is 9.87. The maximum absolute atomic E-state index is 13.0. The highest BCUT2D eigenvalue weighted by molar-refractivity contribution is 5.79. The summed E-state index contributed by atoms with van der Waals surface area (Å²) in [4.78, 5) is 13.0. The molecule has 0 aliphatic carbocycles. The number of methoxy groups -OCH3 is 1. The van der Waals surface area contributed by atoms with Gasteiger partial charge >= 0.3 is 0 Å². The number of ketones is 1. The minimum Gasteiger partial charge on any atom is -0.497 e. The summed E-state index contributed by atoms with van der Waals surface area (Å²) in [7, 11) is 1.63. The largest absolute Gasteiger partial charge is 0.497 e. The van der Waals surface area contributed by atoms with Gasteiger partial charge in [-0.25, -0.2) is 0 Å². The van der Waals surface area contributed by atoms with Gasteiger partial charge in [-0.05, 0) is 35.8 Å². The smallest absolute Gasteiger partial charge is 0.195 e. The Morgan fingerprint density at radius 1 is 1.05 bits per heavy atom. The van der Waals surface area contributed by atoms with Crippen molar-refractivity contribution in [3.8, 4) is 5.75 Å². The van der Waals surface area contributed by atoms with Crippen LogP contribution in [0.4, 0.5) is 0 Å². The number of ether oxygens (including phenoxy) is 5. The third-order valence-electron chi connectivity index (χ3n) is 6.88. The zero-order valence-corrected chi connectivity index (χ0v) is 22.2. The molecule has 7 nitrogen and oxygen atoms in total. The molecule has 0 aromatic heterocycles. The summed E-state index contributed by atoms with van der Waals surface area (Å²) in [6, 6.07) is 17.4.